The third-order valence-corrected chi connectivity index (χ3v) is 2.89. The number of nitrogens with zero attached hydrogens (tertiary/aromatic N) is 2. The Kier molecular flexibility index (Phi) is 4.25. The normalized spacial score (nSPS) is 11.8. The van der Waals surface area contributed by atoms with E-state index in [0.29, 0.717) is 6.42 Å². The molecule has 1 unspecified atom stereocenters. The van der Waals surface area contributed by atoms with Gasteiger partial charge >= 0.3 is 0 Å². The van der Waals surface area contributed by atoms with Gasteiger partial charge in [0.1, 0.15) is 5.00 Å². The maximum absolute atomic E-state index is 11.8. The maximum Gasteiger partial charge on any atom is 0.226 e. The summed E-state index contributed by atoms with van der Waals surface area (Å²) in [6.45, 7) is 1.95. The first kappa shape index (κ1) is 12.5. The summed E-state index contributed by atoms with van der Waals surface area (Å²) in [5.41, 5.74) is 0.814. The molecule has 6 heteroatoms. The molecule has 2 rings (SSSR count). The molecule has 2 N–H and O–H groups in total. The number of carbonyl (C=O) groups is 1. The van der Waals surface area contributed by atoms with Gasteiger partial charge < -0.3 is 10.6 Å². The summed E-state index contributed by atoms with van der Waals surface area (Å²) in [5.74, 6) is -0.0151. The molecule has 0 aliphatic heterocycles. The van der Waals surface area contributed by atoms with Gasteiger partial charge in [0.15, 0.2) is 0 Å². The second kappa shape index (κ2) is 6.11. The average molecular weight is 262 g/mol. The van der Waals surface area contributed by atoms with Crippen LogP contribution in [0.5, 0.6) is 0 Å². The minimum absolute atomic E-state index is 0.0151. The molecule has 0 fully saturated rings. The van der Waals surface area contributed by atoms with Crippen LogP contribution in [0.2, 0.25) is 0 Å². The van der Waals surface area contributed by atoms with E-state index in [0.717, 1.165) is 10.7 Å². The van der Waals surface area contributed by atoms with E-state index in [1.165, 1.54) is 11.5 Å². The predicted molar refractivity (Wildman–Crippen MR) is 72.7 cm³/mol. The lowest BCUT2D eigenvalue weighted by atomic mass is 10.2. The molecular formula is C12H14N4OS. The fraction of sp³-hybridized carbons (Fsp3) is 0.250. The monoisotopic (exact) mass is 262 g/mol. The Hall–Kier alpha value is -1.95. The van der Waals surface area contributed by atoms with Crippen LogP contribution in [0.1, 0.15) is 13.3 Å². The fourth-order valence-corrected chi connectivity index (χ4v) is 2.07. The maximum atomic E-state index is 11.8. The smallest absolute Gasteiger partial charge is 0.226 e. The van der Waals surface area contributed by atoms with Crippen LogP contribution in [0.4, 0.5) is 10.7 Å². The zero-order valence-electron chi connectivity index (χ0n) is 9.96. The topological polar surface area (TPSA) is 66.9 Å². The molecule has 94 valence electrons. The predicted octanol–water partition coefficient (Wildman–Crippen LogP) is 2.37. The Morgan fingerprint density at radius 3 is 2.83 bits per heavy atom. The minimum atomic E-state index is -0.0151. The SMILES string of the molecule is CC(CC(=O)Nc1ccccc1)Nc1cnns1. The van der Waals surface area contributed by atoms with Crippen LogP contribution in [0, 0.1) is 0 Å². The quantitative estimate of drug-likeness (QED) is 0.868. The van der Waals surface area contributed by atoms with Crippen molar-refractivity contribution >= 4 is 28.1 Å². The molecule has 18 heavy (non-hydrogen) atoms. The third-order valence-electron chi connectivity index (χ3n) is 2.30. The lowest BCUT2D eigenvalue weighted by Gasteiger charge is -2.12. The molecule has 0 spiro atoms. The minimum Gasteiger partial charge on any atom is -0.371 e. The van der Waals surface area contributed by atoms with E-state index in [4.69, 9.17) is 0 Å². The molecule has 0 bridgehead atoms. The van der Waals surface area contributed by atoms with Gasteiger partial charge in [-0.3, -0.25) is 4.79 Å². The molecule has 1 amide bonds. The van der Waals surface area contributed by atoms with Crippen LogP contribution in [0.3, 0.4) is 0 Å². The Morgan fingerprint density at radius 2 is 2.17 bits per heavy atom. The number of anilines is 2. The summed E-state index contributed by atoms with van der Waals surface area (Å²) in [6.07, 6.45) is 2.04. The van der Waals surface area contributed by atoms with Gasteiger partial charge in [-0.1, -0.05) is 22.7 Å². The number of carbonyl (C=O) groups excluding carboxylic acids is 1. The fourth-order valence-electron chi connectivity index (χ4n) is 1.54. The molecule has 1 aromatic heterocycles. The van der Waals surface area contributed by atoms with E-state index in [9.17, 15) is 4.79 Å². The van der Waals surface area contributed by atoms with Gasteiger partial charge in [0.2, 0.25) is 5.91 Å². The average Bonchev–Trinajstić information content (AvgIpc) is 2.82. The zero-order chi connectivity index (χ0) is 12.8. The van der Waals surface area contributed by atoms with E-state index < -0.39 is 0 Å². The Balaban J connectivity index is 1.80. The molecule has 1 heterocycles. The van der Waals surface area contributed by atoms with E-state index >= 15 is 0 Å². The first-order valence-corrected chi connectivity index (χ1v) is 6.40. The Bertz CT molecular complexity index is 486. The van der Waals surface area contributed by atoms with Gasteiger partial charge in [-0.25, -0.2) is 0 Å². The molecule has 2 aromatic rings. The van der Waals surface area contributed by atoms with E-state index in [2.05, 4.69) is 20.2 Å². The van der Waals surface area contributed by atoms with Crippen LogP contribution < -0.4 is 10.6 Å². The molecule has 0 aliphatic carbocycles. The van der Waals surface area contributed by atoms with Gasteiger partial charge in [0.05, 0.1) is 6.20 Å². The van der Waals surface area contributed by atoms with Crippen LogP contribution in [0.15, 0.2) is 36.5 Å². The molecule has 5 nitrogen and oxygen atoms in total. The highest BCUT2D eigenvalue weighted by Crippen LogP contribution is 2.13. The van der Waals surface area contributed by atoms with Crippen molar-refractivity contribution in [1.82, 2.24) is 9.59 Å². The number of nitrogens with one attached hydrogen (secondary N) is 2. The summed E-state index contributed by atoms with van der Waals surface area (Å²) in [5, 5.41) is 10.6. The van der Waals surface area contributed by atoms with Gasteiger partial charge in [-0.05, 0) is 19.1 Å². The Labute approximate surface area is 109 Å². The van der Waals surface area contributed by atoms with Crippen molar-refractivity contribution in [2.24, 2.45) is 0 Å². The van der Waals surface area contributed by atoms with Crippen LogP contribution in [0.25, 0.3) is 0 Å². The second-order valence-electron chi connectivity index (χ2n) is 3.95. The van der Waals surface area contributed by atoms with Crippen LogP contribution in [-0.2, 0) is 4.79 Å². The summed E-state index contributed by atoms with van der Waals surface area (Å²) in [4.78, 5) is 11.8. The molecule has 0 saturated carbocycles. The summed E-state index contributed by atoms with van der Waals surface area (Å²) < 4.78 is 3.75. The second-order valence-corrected chi connectivity index (χ2v) is 4.73. The zero-order valence-corrected chi connectivity index (χ0v) is 10.8. The number of hydrogen-bond acceptors (Lipinski definition) is 5. The summed E-state index contributed by atoms with van der Waals surface area (Å²) in [6, 6.07) is 9.46. The Morgan fingerprint density at radius 1 is 1.39 bits per heavy atom. The lowest BCUT2D eigenvalue weighted by Crippen LogP contribution is -2.23. The number of hydrogen-bond donors (Lipinski definition) is 2. The van der Waals surface area contributed by atoms with Crippen molar-refractivity contribution in [2.75, 3.05) is 10.6 Å². The number of para-hydroxylation sites is 1. The third kappa shape index (κ3) is 3.81. The highest BCUT2D eigenvalue weighted by atomic mass is 32.1. The van der Waals surface area contributed by atoms with Gasteiger partial charge in [0.25, 0.3) is 0 Å². The number of aromatic nitrogens is 2. The molecule has 1 atom stereocenters. The van der Waals surface area contributed by atoms with Crippen molar-refractivity contribution < 1.29 is 4.79 Å². The molecular weight excluding hydrogens is 248 g/mol. The van der Waals surface area contributed by atoms with Crippen LogP contribution >= 0.6 is 11.5 Å². The number of benzene rings is 1. The standard InChI is InChI=1S/C12H14N4OS/c1-9(14-12-8-13-16-18-12)7-11(17)15-10-5-3-2-4-6-10/h2-6,8-9,14H,7H2,1H3,(H,15,17). The highest BCUT2D eigenvalue weighted by molar-refractivity contribution is 7.09. The summed E-state index contributed by atoms with van der Waals surface area (Å²) in [7, 11) is 0. The summed E-state index contributed by atoms with van der Waals surface area (Å²) >= 11 is 1.28. The lowest BCUT2D eigenvalue weighted by molar-refractivity contribution is -0.116. The van der Waals surface area contributed by atoms with E-state index in [1.807, 2.05) is 37.3 Å². The molecule has 0 radical (unpaired) electrons. The number of amides is 1. The highest BCUT2D eigenvalue weighted by Gasteiger charge is 2.09. The first-order valence-electron chi connectivity index (χ1n) is 5.63. The van der Waals surface area contributed by atoms with Crippen LogP contribution in [-0.4, -0.2) is 21.5 Å². The van der Waals surface area contributed by atoms with Crippen molar-refractivity contribution in [1.29, 1.82) is 0 Å². The molecule has 0 aliphatic rings. The van der Waals surface area contributed by atoms with E-state index in [-0.39, 0.29) is 11.9 Å². The van der Waals surface area contributed by atoms with E-state index in [1.54, 1.807) is 6.20 Å². The van der Waals surface area contributed by atoms with Crippen molar-refractivity contribution in [2.45, 2.75) is 19.4 Å². The van der Waals surface area contributed by atoms with Gasteiger partial charge in [0, 0.05) is 29.7 Å². The first-order chi connectivity index (χ1) is 8.74. The van der Waals surface area contributed by atoms with Gasteiger partial charge in [-0.2, -0.15) is 0 Å². The number of rotatable bonds is 5. The molecule has 0 saturated heterocycles. The van der Waals surface area contributed by atoms with Crippen molar-refractivity contribution in [3.05, 3.63) is 36.5 Å². The molecule has 1 aromatic carbocycles. The largest absolute Gasteiger partial charge is 0.371 e. The van der Waals surface area contributed by atoms with Crippen molar-refractivity contribution in [3.63, 3.8) is 0 Å². The van der Waals surface area contributed by atoms with Crippen molar-refractivity contribution in [3.8, 4) is 0 Å². The van der Waals surface area contributed by atoms with Gasteiger partial charge in [-0.15, -0.1) is 5.10 Å².